The molecule has 17 nitrogen and oxygen atoms in total. The molecule has 1 fully saturated rings. The van der Waals surface area contributed by atoms with Gasteiger partial charge in [-0.25, -0.2) is 4.79 Å². The van der Waals surface area contributed by atoms with Crippen molar-refractivity contribution in [3.8, 4) is 0 Å². The molecular formula is C29H48N8O9S. The van der Waals surface area contributed by atoms with E-state index in [0.717, 1.165) is 5.56 Å². The molecule has 1 aliphatic heterocycles. The molecule has 1 aromatic rings. The number of β-amino-alcohol motifs (C(OH)–C–C–N with tert-alkyl or cyclic N) is 2. The summed E-state index contributed by atoms with van der Waals surface area (Å²) in [6.45, 7) is 2.40. The minimum atomic E-state index is -1.59. The Hall–Kier alpha value is -3.52. The highest BCUT2D eigenvalue weighted by Crippen LogP contribution is 2.10. The number of nitrogens with two attached hydrogens (primary N) is 1. The molecule has 9 N–H and O–H groups in total. The highest BCUT2D eigenvalue weighted by molar-refractivity contribution is 7.98. The van der Waals surface area contributed by atoms with Crippen LogP contribution < -0.4 is 21.7 Å². The molecule has 1 saturated heterocycles. The van der Waals surface area contributed by atoms with E-state index in [9.17, 15) is 44.4 Å². The molecule has 0 aliphatic carbocycles. The van der Waals surface area contributed by atoms with Crippen molar-refractivity contribution in [2.75, 3.05) is 95.9 Å². The van der Waals surface area contributed by atoms with E-state index in [1.165, 1.54) is 11.8 Å². The van der Waals surface area contributed by atoms with Gasteiger partial charge < -0.3 is 42.1 Å². The minimum absolute atomic E-state index is 0.0128. The Balaban J connectivity index is 1.98. The third-order valence-electron chi connectivity index (χ3n) is 7.40. The van der Waals surface area contributed by atoms with Crippen molar-refractivity contribution in [3.63, 3.8) is 0 Å². The van der Waals surface area contributed by atoms with Gasteiger partial charge in [0.2, 0.25) is 11.8 Å². The zero-order chi connectivity index (χ0) is 34.8. The second-order valence-electron chi connectivity index (χ2n) is 11.2. The number of nitrogens with one attached hydrogen (secondary N) is 3. The van der Waals surface area contributed by atoms with Gasteiger partial charge in [0.1, 0.15) is 6.04 Å². The first-order chi connectivity index (χ1) is 22.3. The molecule has 4 amide bonds. The number of aliphatic hydroxyl groups excluding tert-OH is 1. The smallest absolute Gasteiger partial charge is 0.319 e. The van der Waals surface area contributed by atoms with Gasteiger partial charge >= 0.3 is 18.0 Å². The molecule has 1 atom stereocenters. The number of hydrogen-bond acceptors (Lipinski definition) is 12. The quantitative estimate of drug-likeness (QED) is 0.0857. The van der Waals surface area contributed by atoms with Crippen molar-refractivity contribution >= 4 is 47.2 Å². The number of nitrogens with zero attached hydrogens (tertiary/aromatic N) is 4. The molecule has 1 heterocycles. The zero-order valence-corrected chi connectivity index (χ0v) is 27.5. The standard InChI is InChI=1S/C29H48N8O9S/c1-47-15-6-23(28(30)45)33-29(46)32-22-4-2-21(3-5-22)16-31-24(38)17-34-7-9-35(18-25(39)40)11-13-37(20-27(43)44)14-12-36(10-8-34)19-26(41)42/h2-5,23,25,39-40H,6-20H2,1H3,(H2,30,45)(H,31,38)(H,41,42)(H,43,44)(H2,32,33,46)/t23-/m0/s1. The number of thioether (sulfide) groups is 1. The summed E-state index contributed by atoms with van der Waals surface area (Å²) in [7, 11) is 0. The van der Waals surface area contributed by atoms with Crippen molar-refractivity contribution in [2.45, 2.75) is 25.3 Å². The van der Waals surface area contributed by atoms with Crippen LogP contribution in [-0.4, -0.2) is 173 Å². The van der Waals surface area contributed by atoms with E-state index >= 15 is 0 Å². The van der Waals surface area contributed by atoms with Crippen LogP contribution in [-0.2, 0) is 25.7 Å². The molecule has 47 heavy (non-hydrogen) atoms. The third kappa shape index (κ3) is 17.3. The van der Waals surface area contributed by atoms with Gasteiger partial charge in [0.25, 0.3) is 0 Å². The number of primary amides is 1. The number of carboxylic acids is 2. The van der Waals surface area contributed by atoms with Crippen LogP contribution in [0.4, 0.5) is 10.5 Å². The minimum Gasteiger partial charge on any atom is -0.480 e. The number of urea groups is 1. The molecule has 0 aromatic heterocycles. The van der Waals surface area contributed by atoms with Gasteiger partial charge in [0.05, 0.1) is 19.6 Å². The summed E-state index contributed by atoms with van der Waals surface area (Å²) in [4.78, 5) is 66.7. The number of hydrogen-bond donors (Lipinski definition) is 8. The van der Waals surface area contributed by atoms with Crippen LogP contribution in [0, 0.1) is 0 Å². The average Bonchev–Trinajstić information content (AvgIpc) is 2.99. The summed E-state index contributed by atoms with van der Waals surface area (Å²) < 4.78 is 0. The molecule has 0 saturated carbocycles. The van der Waals surface area contributed by atoms with Crippen molar-refractivity contribution in [1.82, 2.24) is 30.2 Å². The molecule has 0 bridgehead atoms. The molecule has 0 unspecified atom stereocenters. The fraction of sp³-hybridized carbons (Fsp3) is 0.621. The molecule has 0 spiro atoms. The first-order valence-electron chi connectivity index (χ1n) is 15.2. The van der Waals surface area contributed by atoms with Gasteiger partial charge in [-0.3, -0.25) is 38.8 Å². The summed E-state index contributed by atoms with van der Waals surface area (Å²) in [6, 6.07) is 5.46. The summed E-state index contributed by atoms with van der Waals surface area (Å²) in [5.74, 6) is -2.25. The van der Waals surface area contributed by atoms with E-state index in [2.05, 4.69) is 16.0 Å². The monoisotopic (exact) mass is 684 g/mol. The Bertz CT molecular complexity index is 1160. The predicted molar refractivity (Wildman–Crippen MR) is 176 cm³/mol. The Morgan fingerprint density at radius 1 is 0.809 bits per heavy atom. The second kappa shape index (κ2) is 21.4. The summed E-state index contributed by atoms with van der Waals surface area (Å²) in [5.41, 5.74) is 6.63. The number of benzene rings is 1. The fourth-order valence-electron chi connectivity index (χ4n) is 4.86. The molecule has 1 aliphatic rings. The summed E-state index contributed by atoms with van der Waals surface area (Å²) in [5, 5.41) is 45.9. The molecule has 18 heteroatoms. The van der Waals surface area contributed by atoms with Crippen LogP contribution in [0.15, 0.2) is 24.3 Å². The maximum Gasteiger partial charge on any atom is 0.319 e. The number of carbonyl (C=O) groups excluding carboxylic acids is 3. The Morgan fingerprint density at radius 2 is 1.30 bits per heavy atom. The first kappa shape index (κ1) is 39.7. The lowest BCUT2D eigenvalue weighted by Gasteiger charge is -2.33. The number of carbonyl (C=O) groups is 5. The van der Waals surface area contributed by atoms with E-state index in [0.29, 0.717) is 70.2 Å². The average molecular weight is 685 g/mol. The SMILES string of the molecule is CSCC[C@H](NC(=O)Nc1ccc(CNC(=O)CN2CCN(CC(=O)O)CCN(CC(=O)O)CCN(CC(O)O)CC2)cc1)C(N)=O. The van der Waals surface area contributed by atoms with Gasteiger partial charge in [-0.15, -0.1) is 0 Å². The van der Waals surface area contributed by atoms with Crippen LogP contribution in [0.3, 0.4) is 0 Å². The molecule has 264 valence electrons. The lowest BCUT2D eigenvalue weighted by molar-refractivity contribution is -0.140. The second-order valence-corrected chi connectivity index (χ2v) is 12.2. The van der Waals surface area contributed by atoms with Gasteiger partial charge in [-0.05, 0) is 36.1 Å². The van der Waals surface area contributed by atoms with Gasteiger partial charge in [0.15, 0.2) is 6.29 Å². The predicted octanol–water partition coefficient (Wildman–Crippen LogP) is -2.27. The zero-order valence-electron chi connectivity index (χ0n) is 26.7. The number of carboxylic acid groups (broad SMARTS) is 2. The summed E-state index contributed by atoms with van der Waals surface area (Å²) >= 11 is 1.54. The topological polar surface area (TPSA) is 241 Å². The summed E-state index contributed by atoms with van der Waals surface area (Å²) in [6.07, 6.45) is 0.713. The molecule has 0 radical (unpaired) electrons. The van der Waals surface area contributed by atoms with Crippen LogP contribution >= 0.6 is 11.8 Å². The molecule has 2 rings (SSSR count). The van der Waals surface area contributed by atoms with Crippen molar-refractivity contribution in [3.05, 3.63) is 29.8 Å². The van der Waals surface area contributed by atoms with Crippen LogP contribution in [0.1, 0.15) is 12.0 Å². The maximum atomic E-state index is 12.9. The van der Waals surface area contributed by atoms with E-state index in [1.54, 1.807) is 39.0 Å². The number of anilines is 1. The Labute approximate surface area is 278 Å². The van der Waals surface area contributed by atoms with Crippen molar-refractivity contribution in [1.29, 1.82) is 0 Å². The largest absolute Gasteiger partial charge is 0.480 e. The van der Waals surface area contributed by atoms with Gasteiger partial charge in [0, 0.05) is 71.1 Å². The molecular weight excluding hydrogens is 636 g/mol. The maximum absolute atomic E-state index is 12.9. The normalized spacial score (nSPS) is 16.9. The van der Waals surface area contributed by atoms with Crippen LogP contribution in [0.2, 0.25) is 0 Å². The Kier molecular flexibility index (Phi) is 18.0. The lowest BCUT2D eigenvalue weighted by atomic mass is 10.2. The highest BCUT2D eigenvalue weighted by Gasteiger charge is 2.21. The molecule has 1 aromatic carbocycles. The van der Waals surface area contributed by atoms with Crippen LogP contribution in [0.25, 0.3) is 0 Å². The van der Waals surface area contributed by atoms with Crippen molar-refractivity contribution < 1.29 is 44.4 Å². The van der Waals surface area contributed by atoms with E-state index in [-0.39, 0.29) is 38.6 Å². The third-order valence-corrected chi connectivity index (χ3v) is 8.04. The van der Waals surface area contributed by atoms with E-state index < -0.39 is 36.2 Å². The Morgan fingerprint density at radius 3 is 1.74 bits per heavy atom. The van der Waals surface area contributed by atoms with E-state index in [1.807, 2.05) is 11.2 Å². The van der Waals surface area contributed by atoms with Gasteiger partial charge in [-0.2, -0.15) is 11.8 Å². The van der Waals surface area contributed by atoms with Crippen LogP contribution in [0.5, 0.6) is 0 Å². The number of rotatable bonds is 16. The number of amides is 4. The lowest BCUT2D eigenvalue weighted by Crippen LogP contribution is -2.50. The fourth-order valence-corrected chi connectivity index (χ4v) is 5.33. The van der Waals surface area contributed by atoms with E-state index in [4.69, 9.17) is 5.73 Å². The first-order valence-corrected chi connectivity index (χ1v) is 16.6. The van der Waals surface area contributed by atoms with Gasteiger partial charge in [-0.1, -0.05) is 12.1 Å². The number of aliphatic carboxylic acids is 2. The highest BCUT2D eigenvalue weighted by atomic mass is 32.2. The number of aliphatic hydroxyl groups is 2. The van der Waals surface area contributed by atoms with Crippen molar-refractivity contribution in [2.24, 2.45) is 5.73 Å².